The fourth-order valence-electron chi connectivity index (χ4n) is 3.38. The zero-order valence-corrected chi connectivity index (χ0v) is 10.5. The summed E-state index contributed by atoms with van der Waals surface area (Å²) in [6.07, 6.45) is 4.31. The van der Waals surface area contributed by atoms with Crippen LogP contribution in [0.25, 0.3) is 0 Å². The molecule has 1 saturated heterocycles. The second kappa shape index (κ2) is 4.74. The minimum Gasteiger partial charge on any atom is -0.342 e. The molecule has 3 nitrogen and oxygen atoms in total. The normalized spacial score (nSPS) is 33.5. The van der Waals surface area contributed by atoms with Gasteiger partial charge in [-0.05, 0) is 37.5 Å². The molecule has 1 saturated carbocycles. The molecule has 3 heteroatoms. The monoisotopic (exact) mass is 224 g/mol. The number of nitrogens with zero attached hydrogens (tertiary/aromatic N) is 1. The van der Waals surface area contributed by atoms with E-state index in [-0.39, 0.29) is 5.92 Å². The number of amides is 1. The van der Waals surface area contributed by atoms with Gasteiger partial charge in [0.15, 0.2) is 0 Å². The maximum absolute atomic E-state index is 12.2. The lowest BCUT2D eigenvalue weighted by atomic mass is 9.98. The Hall–Kier alpha value is -0.570. The lowest BCUT2D eigenvalue weighted by molar-refractivity contribution is -0.135. The molecule has 0 aromatic heterocycles. The number of carbonyl (C=O) groups excluding carboxylic acids is 1. The summed E-state index contributed by atoms with van der Waals surface area (Å²) in [5.41, 5.74) is 6.09. The number of nitrogens with two attached hydrogens (primary N) is 1. The summed E-state index contributed by atoms with van der Waals surface area (Å²) in [5.74, 6) is 1.87. The van der Waals surface area contributed by atoms with E-state index in [9.17, 15) is 4.79 Å². The molecule has 1 amide bonds. The van der Waals surface area contributed by atoms with Crippen molar-refractivity contribution in [2.45, 2.75) is 45.6 Å². The smallest absolute Gasteiger partial charge is 0.225 e. The standard InChI is InChI=1S/C13H24N2O/c1-3-9(4-2)13(16)15-7-10-5-6-12(14)11(10)8-15/h9-12H,3-8,14H2,1-2H3. The highest BCUT2D eigenvalue weighted by molar-refractivity contribution is 5.79. The van der Waals surface area contributed by atoms with E-state index in [0.29, 0.717) is 23.8 Å². The molecule has 2 N–H and O–H groups in total. The van der Waals surface area contributed by atoms with Crippen molar-refractivity contribution in [1.82, 2.24) is 4.90 Å². The van der Waals surface area contributed by atoms with Gasteiger partial charge in [-0.3, -0.25) is 4.79 Å². The molecule has 1 aliphatic carbocycles. The summed E-state index contributed by atoms with van der Waals surface area (Å²) in [6, 6.07) is 0.338. The first-order chi connectivity index (χ1) is 7.67. The van der Waals surface area contributed by atoms with Crippen LogP contribution in [0.2, 0.25) is 0 Å². The fraction of sp³-hybridized carbons (Fsp3) is 0.923. The van der Waals surface area contributed by atoms with Crippen LogP contribution in [0.4, 0.5) is 0 Å². The zero-order valence-electron chi connectivity index (χ0n) is 10.5. The van der Waals surface area contributed by atoms with Gasteiger partial charge >= 0.3 is 0 Å². The first-order valence-corrected chi connectivity index (χ1v) is 6.71. The number of rotatable bonds is 3. The second-order valence-electron chi connectivity index (χ2n) is 5.42. The highest BCUT2D eigenvalue weighted by Crippen LogP contribution is 2.37. The quantitative estimate of drug-likeness (QED) is 0.792. The Balaban J connectivity index is 1.96. The zero-order chi connectivity index (χ0) is 11.7. The van der Waals surface area contributed by atoms with Crippen molar-refractivity contribution in [1.29, 1.82) is 0 Å². The third kappa shape index (κ3) is 1.97. The van der Waals surface area contributed by atoms with Crippen molar-refractivity contribution in [3.8, 4) is 0 Å². The van der Waals surface area contributed by atoms with Gasteiger partial charge in [0, 0.05) is 25.0 Å². The molecule has 0 aromatic rings. The first-order valence-electron chi connectivity index (χ1n) is 6.71. The molecule has 2 rings (SSSR count). The van der Waals surface area contributed by atoms with Gasteiger partial charge in [0.05, 0.1) is 0 Å². The molecule has 3 atom stereocenters. The van der Waals surface area contributed by atoms with E-state index in [1.165, 1.54) is 6.42 Å². The van der Waals surface area contributed by atoms with Crippen molar-refractivity contribution < 1.29 is 4.79 Å². The minimum atomic E-state index is 0.232. The van der Waals surface area contributed by atoms with Crippen molar-refractivity contribution in [3.05, 3.63) is 0 Å². The summed E-state index contributed by atoms with van der Waals surface area (Å²) >= 11 is 0. The van der Waals surface area contributed by atoms with E-state index in [1.54, 1.807) is 0 Å². The maximum Gasteiger partial charge on any atom is 0.225 e. The van der Waals surface area contributed by atoms with E-state index in [0.717, 1.165) is 32.4 Å². The van der Waals surface area contributed by atoms with Crippen molar-refractivity contribution >= 4 is 5.91 Å². The van der Waals surface area contributed by atoms with Gasteiger partial charge < -0.3 is 10.6 Å². The largest absolute Gasteiger partial charge is 0.342 e. The van der Waals surface area contributed by atoms with Gasteiger partial charge in [-0.15, -0.1) is 0 Å². The van der Waals surface area contributed by atoms with E-state index in [1.807, 2.05) is 0 Å². The van der Waals surface area contributed by atoms with Crippen LogP contribution in [-0.2, 0) is 4.79 Å². The van der Waals surface area contributed by atoms with Crippen LogP contribution in [0.5, 0.6) is 0 Å². The molecular formula is C13H24N2O. The van der Waals surface area contributed by atoms with Crippen LogP contribution in [0, 0.1) is 17.8 Å². The highest BCUT2D eigenvalue weighted by Gasteiger charge is 2.43. The van der Waals surface area contributed by atoms with Gasteiger partial charge in [0.25, 0.3) is 0 Å². The highest BCUT2D eigenvalue weighted by atomic mass is 16.2. The average Bonchev–Trinajstić information content (AvgIpc) is 2.83. The van der Waals surface area contributed by atoms with Crippen LogP contribution in [0.3, 0.4) is 0 Å². The predicted molar refractivity (Wildman–Crippen MR) is 64.8 cm³/mol. The van der Waals surface area contributed by atoms with Crippen LogP contribution < -0.4 is 5.73 Å². The molecule has 0 bridgehead atoms. The van der Waals surface area contributed by atoms with Gasteiger partial charge in [-0.1, -0.05) is 13.8 Å². The summed E-state index contributed by atoms with van der Waals surface area (Å²) in [4.78, 5) is 14.3. The Kier molecular flexibility index (Phi) is 3.53. The molecule has 0 radical (unpaired) electrons. The Labute approximate surface area is 98.4 Å². The first kappa shape index (κ1) is 11.9. The SMILES string of the molecule is CCC(CC)C(=O)N1CC2CCC(N)C2C1. The molecule has 2 fully saturated rings. The van der Waals surface area contributed by atoms with E-state index >= 15 is 0 Å². The average molecular weight is 224 g/mol. The van der Waals surface area contributed by atoms with Crippen molar-refractivity contribution in [2.75, 3.05) is 13.1 Å². The molecule has 3 unspecified atom stereocenters. The Morgan fingerprint density at radius 2 is 2.00 bits per heavy atom. The van der Waals surface area contributed by atoms with Crippen LogP contribution >= 0.6 is 0 Å². The Morgan fingerprint density at radius 1 is 1.31 bits per heavy atom. The topological polar surface area (TPSA) is 46.3 Å². The summed E-state index contributed by atoms with van der Waals surface area (Å²) in [5, 5.41) is 0. The molecule has 16 heavy (non-hydrogen) atoms. The van der Waals surface area contributed by atoms with E-state index in [4.69, 9.17) is 5.73 Å². The molecule has 0 aromatic carbocycles. The summed E-state index contributed by atoms with van der Waals surface area (Å²) < 4.78 is 0. The molecule has 2 aliphatic rings. The lowest BCUT2D eigenvalue weighted by Crippen LogP contribution is -2.36. The maximum atomic E-state index is 12.2. The number of hydrogen-bond acceptors (Lipinski definition) is 2. The Bertz CT molecular complexity index is 263. The van der Waals surface area contributed by atoms with Gasteiger partial charge in [0.2, 0.25) is 5.91 Å². The van der Waals surface area contributed by atoms with Crippen LogP contribution in [0.1, 0.15) is 39.5 Å². The van der Waals surface area contributed by atoms with Crippen LogP contribution in [0.15, 0.2) is 0 Å². The lowest BCUT2D eigenvalue weighted by Gasteiger charge is -2.23. The molecule has 1 aliphatic heterocycles. The molecular weight excluding hydrogens is 200 g/mol. The second-order valence-corrected chi connectivity index (χ2v) is 5.42. The summed E-state index contributed by atoms with van der Waals surface area (Å²) in [7, 11) is 0. The van der Waals surface area contributed by atoms with Crippen molar-refractivity contribution in [2.24, 2.45) is 23.5 Å². The fourth-order valence-corrected chi connectivity index (χ4v) is 3.38. The minimum absolute atomic E-state index is 0.232. The van der Waals surface area contributed by atoms with E-state index in [2.05, 4.69) is 18.7 Å². The third-order valence-electron chi connectivity index (χ3n) is 4.56. The third-order valence-corrected chi connectivity index (χ3v) is 4.56. The van der Waals surface area contributed by atoms with Gasteiger partial charge in [-0.25, -0.2) is 0 Å². The van der Waals surface area contributed by atoms with E-state index < -0.39 is 0 Å². The van der Waals surface area contributed by atoms with Gasteiger partial charge in [-0.2, -0.15) is 0 Å². The molecule has 1 heterocycles. The number of likely N-dealkylation sites (tertiary alicyclic amines) is 1. The van der Waals surface area contributed by atoms with Crippen LogP contribution in [-0.4, -0.2) is 29.9 Å². The van der Waals surface area contributed by atoms with Crippen molar-refractivity contribution in [3.63, 3.8) is 0 Å². The molecule has 0 spiro atoms. The number of hydrogen-bond donors (Lipinski definition) is 1. The number of fused-ring (bicyclic) bond motifs is 1. The predicted octanol–water partition coefficient (Wildman–Crippen LogP) is 1.62. The Morgan fingerprint density at radius 3 is 2.56 bits per heavy atom. The summed E-state index contributed by atoms with van der Waals surface area (Å²) in [6.45, 7) is 6.10. The van der Waals surface area contributed by atoms with Gasteiger partial charge in [0.1, 0.15) is 0 Å². The molecule has 92 valence electrons. The number of carbonyl (C=O) groups is 1.